The highest BCUT2D eigenvalue weighted by Gasteiger charge is 2.43. The second-order valence-corrected chi connectivity index (χ2v) is 8.49. The van der Waals surface area contributed by atoms with Crippen molar-refractivity contribution >= 4 is 5.91 Å². The van der Waals surface area contributed by atoms with Crippen LogP contribution in [0.4, 0.5) is 0 Å². The number of piperidine rings is 1. The fraction of sp³-hybridized carbons (Fsp3) is 0.682. The van der Waals surface area contributed by atoms with Gasteiger partial charge in [0.25, 0.3) is 0 Å². The van der Waals surface area contributed by atoms with Gasteiger partial charge in [0.15, 0.2) is 0 Å². The standard InChI is InChI=1S/C22H32N2O/c1-18(25)24-16-19-8-6-7-11-21(19)22(17-24)12-14-23(15-13-22)20-9-4-2-3-5-10-20/h6-8,11,20H,2-5,9-10,12-17H2,1H3. The highest BCUT2D eigenvalue weighted by molar-refractivity contribution is 5.74. The quantitative estimate of drug-likeness (QED) is 0.719. The van der Waals surface area contributed by atoms with E-state index in [0.29, 0.717) is 0 Å². The van der Waals surface area contributed by atoms with Crippen LogP contribution < -0.4 is 0 Å². The second-order valence-electron chi connectivity index (χ2n) is 8.49. The summed E-state index contributed by atoms with van der Waals surface area (Å²) in [6.07, 6.45) is 10.9. The molecule has 2 fully saturated rings. The molecule has 0 aromatic heterocycles. The first kappa shape index (κ1) is 17.1. The van der Waals surface area contributed by atoms with Gasteiger partial charge in [-0.15, -0.1) is 0 Å². The fourth-order valence-corrected chi connectivity index (χ4v) is 5.48. The van der Waals surface area contributed by atoms with Crippen LogP contribution in [-0.2, 0) is 16.8 Å². The van der Waals surface area contributed by atoms with E-state index in [2.05, 4.69) is 34.1 Å². The first-order valence-electron chi connectivity index (χ1n) is 10.3. The molecule has 136 valence electrons. The molecule has 1 aromatic rings. The Morgan fingerprint density at radius 2 is 1.72 bits per heavy atom. The van der Waals surface area contributed by atoms with Gasteiger partial charge in [-0.05, 0) is 49.9 Å². The molecule has 1 saturated heterocycles. The van der Waals surface area contributed by atoms with Gasteiger partial charge in [-0.1, -0.05) is 49.9 Å². The molecular weight excluding hydrogens is 308 g/mol. The minimum atomic E-state index is 0.182. The zero-order valence-corrected chi connectivity index (χ0v) is 15.7. The summed E-state index contributed by atoms with van der Waals surface area (Å²) in [7, 11) is 0. The van der Waals surface area contributed by atoms with Crippen molar-refractivity contribution in [1.82, 2.24) is 9.80 Å². The third-order valence-corrected chi connectivity index (χ3v) is 6.99. The Bertz CT molecular complexity index is 610. The van der Waals surface area contributed by atoms with E-state index in [0.717, 1.165) is 19.1 Å². The van der Waals surface area contributed by atoms with Crippen LogP contribution in [-0.4, -0.2) is 41.4 Å². The Morgan fingerprint density at radius 1 is 1.04 bits per heavy atom. The zero-order chi connectivity index (χ0) is 17.3. The lowest BCUT2D eigenvalue weighted by molar-refractivity contribution is -0.131. The largest absolute Gasteiger partial charge is 0.338 e. The van der Waals surface area contributed by atoms with Gasteiger partial charge >= 0.3 is 0 Å². The maximum Gasteiger partial charge on any atom is 0.219 e. The Kier molecular flexibility index (Phi) is 4.86. The van der Waals surface area contributed by atoms with E-state index in [-0.39, 0.29) is 11.3 Å². The number of likely N-dealkylation sites (tertiary alicyclic amines) is 1. The minimum absolute atomic E-state index is 0.182. The van der Waals surface area contributed by atoms with Crippen molar-refractivity contribution in [2.45, 2.75) is 76.3 Å². The summed E-state index contributed by atoms with van der Waals surface area (Å²) in [6, 6.07) is 9.67. The number of amides is 1. The van der Waals surface area contributed by atoms with Crippen LogP contribution >= 0.6 is 0 Å². The molecule has 1 aliphatic carbocycles. The summed E-state index contributed by atoms with van der Waals surface area (Å²) >= 11 is 0. The van der Waals surface area contributed by atoms with Crippen molar-refractivity contribution in [3.8, 4) is 0 Å². The Balaban J connectivity index is 1.53. The molecule has 0 atom stereocenters. The van der Waals surface area contributed by atoms with Crippen LogP contribution in [0.1, 0.15) is 69.4 Å². The Hall–Kier alpha value is -1.35. The van der Waals surface area contributed by atoms with E-state index in [1.54, 1.807) is 6.92 Å². The van der Waals surface area contributed by atoms with Gasteiger partial charge in [0.2, 0.25) is 5.91 Å². The molecule has 4 rings (SSSR count). The van der Waals surface area contributed by atoms with Crippen LogP contribution in [0.25, 0.3) is 0 Å². The third kappa shape index (κ3) is 3.36. The average molecular weight is 341 g/mol. The molecule has 2 heterocycles. The molecule has 1 spiro atoms. The smallest absolute Gasteiger partial charge is 0.219 e. The van der Waals surface area contributed by atoms with Gasteiger partial charge in [0.05, 0.1) is 0 Å². The van der Waals surface area contributed by atoms with Gasteiger partial charge < -0.3 is 9.80 Å². The van der Waals surface area contributed by atoms with Crippen molar-refractivity contribution in [2.75, 3.05) is 19.6 Å². The van der Waals surface area contributed by atoms with Gasteiger partial charge in [0, 0.05) is 31.5 Å². The lowest BCUT2D eigenvalue weighted by atomic mass is 9.68. The molecule has 0 radical (unpaired) electrons. The van der Waals surface area contributed by atoms with Crippen molar-refractivity contribution in [3.05, 3.63) is 35.4 Å². The molecule has 2 aliphatic heterocycles. The van der Waals surface area contributed by atoms with E-state index in [1.165, 1.54) is 75.6 Å². The molecule has 0 unspecified atom stereocenters. The number of hydrogen-bond acceptors (Lipinski definition) is 2. The van der Waals surface area contributed by atoms with Crippen molar-refractivity contribution in [1.29, 1.82) is 0 Å². The maximum absolute atomic E-state index is 12.1. The van der Waals surface area contributed by atoms with Gasteiger partial charge in [-0.3, -0.25) is 4.79 Å². The number of carbonyl (C=O) groups is 1. The number of carbonyl (C=O) groups excluding carboxylic acids is 1. The van der Waals surface area contributed by atoms with Gasteiger partial charge in [0.1, 0.15) is 0 Å². The number of fused-ring (bicyclic) bond motifs is 2. The van der Waals surface area contributed by atoms with E-state index in [1.807, 2.05) is 0 Å². The Labute approximate surface area is 152 Å². The summed E-state index contributed by atoms with van der Waals surface area (Å²) in [5.74, 6) is 0.222. The molecule has 25 heavy (non-hydrogen) atoms. The van der Waals surface area contributed by atoms with Crippen molar-refractivity contribution in [2.24, 2.45) is 0 Å². The van der Waals surface area contributed by atoms with Crippen molar-refractivity contribution in [3.63, 3.8) is 0 Å². The predicted octanol–water partition coefficient (Wildman–Crippen LogP) is 4.11. The third-order valence-electron chi connectivity index (χ3n) is 6.99. The monoisotopic (exact) mass is 340 g/mol. The SMILES string of the molecule is CC(=O)N1Cc2ccccc2C2(CCN(C3CCCCCC3)CC2)C1. The molecular formula is C22H32N2O. The first-order valence-corrected chi connectivity index (χ1v) is 10.3. The van der Waals surface area contributed by atoms with Crippen LogP contribution in [0.15, 0.2) is 24.3 Å². The van der Waals surface area contributed by atoms with Crippen LogP contribution in [0.2, 0.25) is 0 Å². The van der Waals surface area contributed by atoms with Gasteiger partial charge in [-0.25, -0.2) is 0 Å². The van der Waals surface area contributed by atoms with Crippen LogP contribution in [0.3, 0.4) is 0 Å². The topological polar surface area (TPSA) is 23.6 Å². The number of rotatable bonds is 1. The number of benzene rings is 1. The van der Waals surface area contributed by atoms with E-state index >= 15 is 0 Å². The maximum atomic E-state index is 12.1. The molecule has 3 nitrogen and oxygen atoms in total. The summed E-state index contributed by atoms with van der Waals surface area (Å²) < 4.78 is 0. The molecule has 1 amide bonds. The lowest BCUT2D eigenvalue weighted by Gasteiger charge is -2.50. The van der Waals surface area contributed by atoms with E-state index < -0.39 is 0 Å². The lowest BCUT2D eigenvalue weighted by Crippen LogP contribution is -2.54. The summed E-state index contributed by atoms with van der Waals surface area (Å²) in [5, 5.41) is 0. The molecule has 0 bridgehead atoms. The van der Waals surface area contributed by atoms with Crippen molar-refractivity contribution < 1.29 is 4.79 Å². The second kappa shape index (κ2) is 7.11. The predicted molar refractivity (Wildman–Crippen MR) is 102 cm³/mol. The van der Waals surface area contributed by atoms with E-state index in [9.17, 15) is 4.79 Å². The normalized spacial score (nSPS) is 24.8. The first-order chi connectivity index (χ1) is 12.2. The average Bonchev–Trinajstić information content (AvgIpc) is 2.92. The van der Waals surface area contributed by atoms with Gasteiger partial charge in [-0.2, -0.15) is 0 Å². The summed E-state index contributed by atoms with van der Waals surface area (Å²) in [4.78, 5) is 16.9. The number of nitrogens with zero attached hydrogens (tertiary/aromatic N) is 2. The van der Waals surface area contributed by atoms with Crippen LogP contribution in [0, 0.1) is 0 Å². The summed E-state index contributed by atoms with van der Waals surface area (Å²) in [5.41, 5.74) is 3.07. The highest BCUT2D eigenvalue weighted by atomic mass is 16.2. The highest BCUT2D eigenvalue weighted by Crippen LogP contribution is 2.42. The van der Waals surface area contributed by atoms with Crippen LogP contribution in [0.5, 0.6) is 0 Å². The molecule has 3 heteroatoms. The Morgan fingerprint density at radius 3 is 2.40 bits per heavy atom. The minimum Gasteiger partial charge on any atom is -0.338 e. The molecule has 1 aromatic carbocycles. The zero-order valence-electron chi connectivity index (χ0n) is 15.7. The molecule has 0 N–H and O–H groups in total. The fourth-order valence-electron chi connectivity index (χ4n) is 5.48. The van der Waals surface area contributed by atoms with E-state index in [4.69, 9.17) is 0 Å². The molecule has 3 aliphatic rings. The molecule has 1 saturated carbocycles. The summed E-state index contributed by atoms with van der Waals surface area (Å²) in [6.45, 7) is 5.83. The number of hydrogen-bond donors (Lipinski definition) is 0.